The van der Waals surface area contributed by atoms with E-state index in [1.54, 1.807) is 0 Å². The third-order valence-corrected chi connectivity index (χ3v) is 2.96. The molecule has 0 bridgehead atoms. The lowest BCUT2D eigenvalue weighted by Gasteiger charge is -2.25. The molecule has 0 saturated heterocycles. The summed E-state index contributed by atoms with van der Waals surface area (Å²) in [5.41, 5.74) is 2.46. The molecule has 0 radical (unpaired) electrons. The van der Waals surface area contributed by atoms with Gasteiger partial charge < -0.3 is 15.3 Å². The highest BCUT2D eigenvalue weighted by Crippen LogP contribution is 2.14. The van der Waals surface area contributed by atoms with Crippen LogP contribution in [0.4, 0.5) is 5.69 Å². The van der Waals surface area contributed by atoms with Crippen molar-refractivity contribution in [1.29, 1.82) is 0 Å². The van der Waals surface area contributed by atoms with Gasteiger partial charge in [0.1, 0.15) is 0 Å². The first-order valence-electron chi connectivity index (χ1n) is 6.07. The van der Waals surface area contributed by atoms with Gasteiger partial charge in [0, 0.05) is 38.5 Å². The molecule has 0 aliphatic carbocycles. The Morgan fingerprint density at radius 1 is 1.18 bits per heavy atom. The van der Waals surface area contributed by atoms with E-state index in [-0.39, 0.29) is 12.1 Å². The van der Waals surface area contributed by atoms with Crippen LogP contribution in [0, 0.1) is 0 Å². The van der Waals surface area contributed by atoms with Crippen molar-refractivity contribution in [1.82, 2.24) is 5.32 Å². The van der Waals surface area contributed by atoms with E-state index in [9.17, 15) is 0 Å². The molecule has 0 heterocycles. The third kappa shape index (κ3) is 4.75. The Balaban J connectivity index is 2.52. The maximum absolute atomic E-state index is 8.95. The summed E-state index contributed by atoms with van der Waals surface area (Å²) in [5.74, 6) is 0. The van der Waals surface area contributed by atoms with E-state index >= 15 is 0 Å². The van der Waals surface area contributed by atoms with Gasteiger partial charge in [-0.3, -0.25) is 0 Å². The van der Waals surface area contributed by atoms with Gasteiger partial charge in [0.05, 0.1) is 0 Å². The Kier molecular flexibility index (Phi) is 4.97. The maximum atomic E-state index is 8.95. The Morgan fingerprint density at radius 2 is 1.76 bits per heavy atom. The molecule has 1 aromatic rings. The Morgan fingerprint density at radius 3 is 2.24 bits per heavy atom. The van der Waals surface area contributed by atoms with Crippen LogP contribution in [0.25, 0.3) is 0 Å². The molecule has 3 heteroatoms. The summed E-state index contributed by atoms with van der Waals surface area (Å²) in [4.78, 5) is 2.09. The highest BCUT2D eigenvalue weighted by Gasteiger charge is 2.15. The molecule has 0 spiro atoms. The maximum Gasteiger partial charge on any atom is 0.0448 e. The van der Waals surface area contributed by atoms with Gasteiger partial charge in [0.25, 0.3) is 0 Å². The average Bonchev–Trinajstić information content (AvgIpc) is 2.27. The van der Waals surface area contributed by atoms with E-state index in [1.807, 2.05) is 14.1 Å². The van der Waals surface area contributed by atoms with Crippen LogP contribution in [-0.2, 0) is 6.54 Å². The number of hydrogen-bond acceptors (Lipinski definition) is 3. The number of aliphatic hydroxyl groups excluding tert-OH is 1. The van der Waals surface area contributed by atoms with Crippen LogP contribution in [0.3, 0.4) is 0 Å². The number of nitrogens with one attached hydrogen (secondary N) is 1. The van der Waals surface area contributed by atoms with Crippen LogP contribution in [0.5, 0.6) is 0 Å². The van der Waals surface area contributed by atoms with Gasteiger partial charge in [0.15, 0.2) is 0 Å². The summed E-state index contributed by atoms with van der Waals surface area (Å²) in [6.07, 6.45) is 0.767. The summed E-state index contributed by atoms with van der Waals surface area (Å²) < 4.78 is 0. The number of nitrogens with zero attached hydrogens (tertiary/aromatic N) is 1. The minimum atomic E-state index is -0.0189. The summed E-state index contributed by atoms with van der Waals surface area (Å²) in [6, 6.07) is 8.51. The average molecular weight is 236 g/mol. The minimum Gasteiger partial charge on any atom is -0.396 e. The molecular weight excluding hydrogens is 212 g/mol. The fraction of sp³-hybridized carbons (Fsp3) is 0.571. The number of hydrogen-bond donors (Lipinski definition) is 2. The molecule has 0 aliphatic rings. The largest absolute Gasteiger partial charge is 0.396 e. The van der Waals surface area contributed by atoms with Crippen LogP contribution in [0.1, 0.15) is 25.8 Å². The molecule has 0 saturated carbocycles. The monoisotopic (exact) mass is 236 g/mol. The smallest absolute Gasteiger partial charge is 0.0448 e. The van der Waals surface area contributed by atoms with Crippen LogP contribution in [-0.4, -0.2) is 31.3 Å². The fourth-order valence-corrected chi connectivity index (χ4v) is 1.62. The van der Waals surface area contributed by atoms with Gasteiger partial charge in [0.2, 0.25) is 0 Å². The van der Waals surface area contributed by atoms with Gasteiger partial charge >= 0.3 is 0 Å². The predicted molar refractivity (Wildman–Crippen MR) is 73.4 cm³/mol. The summed E-state index contributed by atoms with van der Waals surface area (Å²) in [5, 5.41) is 12.4. The molecule has 0 unspecified atom stereocenters. The van der Waals surface area contributed by atoms with Gasteiger partial charge in [-0.1, -0.05) is 12.1 Å². The standard InChI is InChI=1S/C14H24N2O/c1-14(2,9-10-17)15-11-12-5-7-13(8-6-12)16(3)4/h5-8,15,17H,9-11H2,1-4H3. The van der Waals surface area contributed by atoms with E-state index in [4.69, 9.17) is 5.11 Å². The normalized spacial score (nSPS) is 11.6. The third-order valence-electron chi connectivity index (χ3n) is 2.96. The van der Waals surface area contributed by atoms with Gasteiger partial charge in [-0.25, -0.2) is 0 Å². The van der Waals surface area contributed by atoms with Crippen molar-refractivity contribution in [2.75, 3.05) is 25.6 Å². The molecule has 0 aliphatic heterocycles. The molecule has 96 valence electrons. The molecule has 1 rings (SSSR count). The first-order valence-corrected chi connectivity index (χ1v) is 6.07. The quantitative estimate of drug-likeness (QED) is 0.793. The molecule has 3 nitrogen and oxygen atoms in total. The summed E-state index contributed by atoms with van der Waals surface area (Å²) in [7, 11) is 4.08. The molecule has 0 atom stereocenters. The first-order chi connectivity index (χ1) is 7.94. The van der Waals surface area contributed by atoms with E-state index in [0.717, 1.165) is 13.0 Å². The topological polar surface area (TPSA) is 35.5 Å². The van der Waals surface area contributed by atoms with Crippen LogP contribution in [0.15, 0.2) is 24.3 Å². The second-order valence-corrected chi connectivity index (χ2v) is 5.27. The van der Waals surface area contributed by atoms with Crippen LogP contribution < -0.4 is 10.2 Å². The second-order valence-electron chi connectivity index (χ2n) is 5.27. The Hall–Kier alpha value is -1.06. The van der Waals surface area contributed by atoms with Crippen molar-refractivity contribution < 1.29 is 5.11 Å². The van der Waals surface area contributed by atoms with Crippen LogP contribution >= 0.6 is 0 Å². The van der Waals surface area contributed by atoms with Crippen molar-refractivity contribution in [3.63, 3.8) is 0 Å². The Bertz CT molecular complexity index is 331. The fourth-order valence-electron chi connectivity index (χ4n) is 1.62. The number of anilines is 1. The zero-order valence-electron chi connectivity index (χ0n) is 11.3. The lowest BCUT2D eigenvalue weighted by molar-refractivity contribution is 0.230. The predicted octanol–water partition coefficient (Wildman–Crippen LogP) is 2.00. The molecule has 0 amide bonds. The molecule has 2 N–H and O–H groups in total. The van der Waals surface area contributed by atoms with Crippen molar-refractivity contribution in [2.24, 2.45) is 0 Å². The van der Waals surface area contributed by atoms with Crippen molar-refractivity contribution in [3.05, 3.63) is 29.8 Å². The number of aliphatic hydroxyl groups is 1. The van der Waals surface area contributed by atoms with E-state index in [0.29, 0.717) is 0 Å². The van der Waals surface area contributed by atoms with Crippen LogP contribution in [0.2, 0.25) is 0 Å². The zero-order chi connectivity index (χ0) is 12.9. The first kappa shape index (κ1) is 14.0. The summed E-state index contributed by atoms with van der Waals surface area (Å²) in [6.45, 7) is 5.27. The van der Waals surface area contributed by atoms with E-state index in [2.05, 4.69) is 48.3 Å². The van der Waals surface area contributed by atoms with Gasteiger partial charge in [-0.15, -0.1) is 0 Å². The molecule has 17 heavy (non-hydrogen) atoms. The number of benzene rings is 1. The molecule has 0 fully saturated rings. The van der Waals surface area contributed by atoms with Gasteiger partial charge in [-0.2, -0.15) is 0 Å². The van der Waals surface area contributed by atoms with Crippen molar-refractivity contribution in [2.45, 2.75) is 32.4 Å². The van der Waals surface area contributed by atoms with Crippen molar-refractivity contribution in [3.8, 4) is 0 Å². The Labute approximate surface area is 104 Å². The summed E-state index contributed by atoms with van der Waals surface area (Å²) >= 11 is 0. The second kappa shape index (κ2) is 6.03. The lowest BCUT2D eigenvalue weighted by atomic mass is 10.0. The minimum absolute atomic E-state index is 0.0189. The molecule has 1 aromatic carbocycles. The molecule has 0 aromatic heterocycles. The number of rotatable bonds is 6. The lowest BCUT2D eigenvalue weighted by Crippen LogP contribution is -2.39. The zero-order valence-corrected chi connectivity index (χ0v) is 11.3. The van der Waals surface area contributed by atoms with E-state index in [1.165, 1.54) is 11.3 Å². The van der Waals surface area contributed by atoms with E-state index < -0.39 is 0 Å². The highest BCUT2D eigenvalue weighted by atomic mass is 16.3. The molecular formula is C14H24N2O. The van der Waals surface area contributed by atoms with Crippen molar-refractivity contribution >= 4 is 5.69 Å². The SMILES string of the molecule is CN(C)c1ccc(CNC(C)(C)CCO)cc1. The van der Waals surface area contributed by atoms with Gasteiger partial charge in [-0.05, 0) is 38.0 Å². The highest BCUT2D eigenvalue weighted by molar-refractivity contribution is 5.45.